The molecule has 0 bridgehead atoms. The first kappa shape index (κ1) is 19.7. The van der Waals surface area contributed by atoms with Gasteiger partial charge in [-0.1, -0.05) is 55.0 Å². The highest BCUT2D eigenvalue weighted by Gasteiger charge is 2.33. The van der Waals surface area contributed by atoms with Crippen molar-refractivity contribution >= 4 is 17.5 Å². The van der Waals surface area contributed by atoms with Crippen LogP contribution in [0, 0.1) is 28.6 Å². The Morgan fingerprint density at radius 1 is 1.18 bits per heavy atom. The minimum atomic E-state index is -0.157. The average molecular weight is 389 g/mol. The van der Waals surface area contributed by atoms with Gasteiger partial charge in [0.05, 0.1) is 11.6 Å². The molecule has 28 heavy (non-hydrogen) atoms. The van der Waals surface area contributed by atoms with Crippen LogP contribution in [0.1, 0.15) is 41.8 Å². The van der Waals surface area contributed by atoms with Gasteiger partial charge in [-0.05, 0) is 48.9 Å². The van der Waals surface area contributed by atoms with E-state index in [1.807, 2.05) is 23.1 Å². The number of likely N-dealkylation sites (tertiary alicyclic amines) is 1. The molecule has 0 atom stereocenters. The van der Waals surface area contributed by atoms with E-state index in [2.05, 4.69) is 31.8 Å². The topological polar surface area (TPSA) is 44.1 Å². The van der Waals surface area contributed by atoms with E-state index < -0.39 is 0 Å². The van der Waals surface area contributed by atoms with Crippen molar-refractivity contribution < 1.29 is 4.79 Å². The first-order valence-electron chi connectivity index (χ1n) is 9.15. The molecule has 0 radical (unpaired) electrons. The van der Waals surface area contributed by atoms with Crippen molar-refractivity contribution in [3.63, 3.8) is 0 Å². The summed E-state index contributed by atoms with van der Waals surface area (Å²) in [6, 6.07) is 16.5. The van der Waals surface area contributed by atoms with Gasteiger partial charge in [0.15, 0.2) is 0 Å². The van der Waals surface area contributed by atoms with Crippen LogP contribution in [0.25, 0.3) is 0 Å². The molecule has 140 valence electrons. The van der Waals surface area contributed by atoms with Crippen LogP contribution in [0.2, 0.25) is 5.02 Å². The summed E-state index contributed by atoms with van der Waals surface area (Å²) >= 11 is 6.02. The number of nitriles is 1. The first-order chi connectivity index (χ1) is 13.4. The monoisotopic (exact) mass is 388 g/mol. The lowest BCUT2D eigenvalue weighted by molar-refractivity contribution is 0.0663. The van der Waals surface area contributed by atoms with E-state index in [0.29, 0.717) is 29.2 Å². The van der Waals surface area contributed by atoms with Gasteiger partial charge in [0.2, 0.25) is 0 Å². The molecule has 1 aliphatic heterocycles. The number of allylic oxidation sites excluding steroid dienone is 1. The van der Waals surface area contributed by atoms with Crippen LogP contribution >= 0.6 is 11.6 Å². The summed E-state index contributed by atoms with van der Waals surface area (Å²) in [5.41, 5.74) is 3.12. The van der Waals surface area contributed by atoms with Gasteiger partial charge in [0, 0.05) is 34.7 Å². The summed E-state index contributed by atoms with van der Waals surface area (Å²) in [6.45, 7) is 5.56. The number of carbonyl (C=O) groups is 1. The third-order valence-electron chi connectivity index (χ3n) is 4.92. The maximum absolute atomic E-state index is 12.8. The molecule has 1 saturated heterocycles. The van der Waals surface area contributed by atoms with Crippen LogP contribution in [0.4, 0.5) is 0 Å². The molecule has 2 aromatic rings. The first-order valence-corrected chi connectivity index (χ1v) is 9.53. The number of amides is 1. The molecule has 0 spiro atoms. The molecule has 0 unspecified atom stereocenters. The maximum atomic E-state index is 12.8. The Bertz CT molecular complexity index is 1030. The summed E-state index contributed by atoms with van der Waals surface area (Å²) < 4.78 is 0. The van der Waals surface area contributed by atoms with Crippen molar-refractivity contribution in [1.29, 1.82) is 5.26 Å². The second-order valence-corrected chi connectivity index (χ2v) is 7.94. The summed E-state index contributed by atoms with van der Waals surface area (Å²) in [7, 11) is 0. The largest absolute Gasteiger partial charge is 0.337 e. The molecule has 0 N–H and O–H groups in total. The molecule has 2 aromatic carbocycles. The van der Waals surface area contributed by atoms with Crippen molar-refractivity contribution in [2.45, 2.75) is 20.3 Å². The van der Waals surface area contributed by atoms with Gasteiger partial charge >= 0.3 is 0 Å². The van der Waals surface area contributed by atoms with Gasteiger partial charge in [-0.15, -0.1) is 0 Å². The molecule has 1 amide bonds. The summed E-state index contributed by atoms with van der Waals surface area (Å²) in [5.74, 6) is 6.23. The fourth-order valence-corrected chi connectivity index (χ4v) is 3.56. The van der Waals surface area contributed by atoms with Crippen LogP contribution in [0.3, 0.4) is 0 Å². The number of piperidine rings is 1. The van der Waals surface area contributed by atoms with Crippen molar-refractivity contribution in [3.8, 4) is 17.9 Å². The number of rotatable bonds is 1. The minimum Gasteiger partial charge on any atom is -0.337 e. The summed E-state index contributed by atoms with van der Waals surface area (Å²) in [5, 5.41) is 9.55. The minimum absolute atomic E-state index is 0.00836. The third-order valence-corrected chi connectivity index (χ3v) is 5.15. The predicted molar refractivity (Wildman–Crippen MR) is 112 cm³/mol. The second-order valence-electron chi connectivity index (χ2n) is 7.50. The lowest BCUT2D eigenvalue weighted by Crippen LogP contribution is -2.44. The smallest absolute Gasteiger partial charge is 0.253 e. The number of nitrogens with zero attached hydrogens (tertiary/aromatic N) is 2. The van der Waals surface area contributed by atoms with Crippen LogP contribution in [0.5, 0.6) is 0 Å². The van der Waals surface area contributed by atoms with E-state index in [1.54, 1.807) is 36.4 Å². The second kappa shape index (κ2) is 8.34. The number of carbonyl (C=O) groups excluding carboxylic acids is 1. The molecule has 1 heterocycles. The average Bonchev–Trinajstić information content (AvgIpc) is 2.68. The number of hydrogen-bond acceptors (Lipinski definition) is 2. The number of halogens is 1. The van der Waals surface area contributed by atoms with Crippen LogP contribution < -0.4 is 0 Å². The molecular weight excluding hydrogens is 368 g/mol. The zero-order valence-electron chi connectivity index (χ0n) is 16.0. The quantitative estimate of drug-likeness (QED) is 0.641. The fraction of sp³-hybridized carbons (Fsp3) is 0.250. The van der Waals surface area contributed by atoms with E-state index in [4.69, 9.17) is 16.9 Å². The molecule has 0 aliphatic carbocycles. The Hall–Kier alpha value is -3.01. The molecule has 1 aliphatic rings. The Morgan fingerprint density at radius 3 is 2.64 bits per heavy atom. The summed E-state index contributed by atoms with van der Waals surface area (Å²) in [6.07, 6.45) is 2.74. The molecule has 0 aromatic heterocycles. The SMILES string of the molecule is CC1(C)CN(C(=O)c2cccc(Cl)c2)CC/C1=C\C#Cc1cccc(C#N)c1. The number of benzene rings is 2. The highest BCUT2D eigenvalue weighted by atomic mass is 35.5. The molecule has 3 nitrogen and oxygen atoms in total. The van der Waals surface area contributed by atoms with E-state index in [-0.39, 0.29) is 11.3 Å². The van der Waals surface area contributed by atoms with Crippen molar-refractivity contribution in [1.82, 2.24) is 4.90 Å². The number of hydrogen-bond donors (Lipinski definition) is 0. The van der Waals surface area contributed by atoms with E-state index in [9.17, 15) is 4.79 Å². The molecule has 3 rings (SSSR count). The molecular formula is C24H21ClN2O. The Kier molecular flexibility index (Phi) is 5.88. The van der Waals surface area contributed by atoms with Gasteiger partial charge in [-0.25, -0.2) is 0 Å². The van der Waals surface area contributed by atoms with Gasteiger partial charge < -0.3 is 4.90 Å². The highest BCUT2D eigenvalue weighted by molar-refractivity contribution is 6.30. The van der Waals surface area contributed by atoms with Crippen LogP contribution in [0.15, 0.2) is 60.2 Å². The summed E-state index contributed by atoms with van der Waals surface area (Å²) in [4.78, 5) is 14.7. The zero-order chi connectivity index (χ0) is 20.1. The standard InChI is InChI=1S/C24H21ClN2O/c1-24(2)17-27(23(28)20-9-5-11-22(25)15-20)13-12-21(24)10-4-7-18-6-3-8-19(14-18)16-26/h3,5-6,8-11,14-15H,12-13,17H2,1-2H3/b21-10+. The Morgan fingerprint density at radius 2 is 1.93 bits per heavy atom. The van der Waals surface area contributed by atoms with E-state index >= 15 is 0 Å². The van der Waals surface area contributed by atoms with E-state index in [1.165, 1.54) is 5.57 Å². The van der Waals surface area contributed by atoms with Gasteiger partial charge in [-0.3, -0.25) is 4.79 Å². The van der Waals surface area contributed by atoms with Crippen LogP contribution in [-0.4, -0.2) is 23.9 Å². The maximum Gasteiger partial charge on any atom is 0.253 e. The van der Waals surface area contributed by atoms with Crippen molar-refractivity contribution in [2.24, 2.45) is 5.41 Å². The van der Waals surface area contributed by atoms with Crippen LogP contribution in [-0.2, 0) is 0 Å². The Labute approximate surface area is 171 Å². The van der Waals surface area contributed by atoms with Gasteiger partial charge in [0.25, 0.3) is 5.91 Å². The highest BCUT2D eigenvalue weighted by Crippen LogP contribution is 2.34. The molecule has 1 fully saturated rings. The molecule has 0 saturated carbocycles. The van der Waals surface area contributed by atoms with E-state index in [0.717, 1.165) is 12.0 Å². The Balaban J connectivity index is 1.73. The van der Waals surface area contributed by atoms with Gasteiger partial charge in [0.1, 0.15) is 0 Å². The lowest BCUT2D eigenvalue weighted by atomic mass is 9.78. The molecule has 4 heteroatoms. The van der Waals surface area contributed by atoms with Crippen molar-refractivity contribution in [3.05, 3.63) is 81.9 Å². The fourth-order valence-electron chi connectivity index (χ4n) is 3.37. The predicted octanol–water partition coefficient (Wildman–Crippen LogP) is 5.06. The third kappa shape index (κ3) is 4.63. The zero-order valence-corrected chi connectivity index (χ0v) is 16.8. The van der Waals surface area contributed by atoms with Gasteiger partial charge in [-0.2, -0.15) is 5.26 Å². The lowest BCUT2D eigenvalue weighted by Gasteiger charge is -2.40. The normalized spacial score (nSPS) is 16.8. The van der Waals surface area contributed by atoms with Crippen molar-refractivity contribution in [2.75, 3.05) is 13.1 Å².